The fraction of sp³-hybridized carbons (Fsp3) is 0.579. The van der Waals surface area contributed by atoms with Crippen molar-refractivity contribution in [3.05, 3.63) is 35.4 Å². The second kappa shape index (κ2) is 8.70. The first kappa shape index (κ1) is 19.2. The maximum atomic E-state index is 12.0. The first-order valence-corrected chi connectivity index (χ1v) is 8.21. The summed E-state index contributed by atoms with van der Waals surface area (Å²) in [4.78, 5) is 23.3. The third-order valence-corrected chi connectivity index (χ3v) is 3.96. The van der Waals surface area contributed by atoms with E-state index in [4.69, 9.17) is 0 Å². The molecule has 1 aromatic rings. The molecule has 1 rings (SSSR count). The van der Waals surface area contributed by atoms with Crippen molar-refractivity contribution in [2.45, 2.75) is 64.8 Å². The first-order valence-electron chi connectivity index (χ1n) is 8.21. The van der Waals surface area contributed by atoms with Crippen LogP contribution in [0.4, 0.5) is 0 Å². The van der Waals surface area contributed by atoms with Crippen molar-refractivity contribution in [2.75, 3.05) is 7.11 Å². The Kier molecular flexibility index (Phi) is 7.27. The molecule has 0 heterocycles. The zero-order chi connectivity index (χ0) is 17.5. The molecule has 0 saturated carbocycles. The molecule has 4 nitrogen and oxygen atoms in total. The maximum absolute atomic E-state index is 12.0. The number of nitrogens with one attached hydrogen (secondary N) is 1. The number of hydrogen-bond acceptors (Lipinski definition) is 3. The van der Waals surface area contributed by atoms with Crippen LogP contribution in [0.15, 0.2) is 24.3 Å². The third kappa shape index (κ3) is 6.85. The van der Waals surface area contributed by atoms with Crippen LogP contribution in [0.2, 0.25) is 0 Å². The molecule has 1 aromatic carbocycles. The lowest BCUT2D eigenvalue weighted by Crippen LogP contribution is -2.36. The second-order valence-electron chi connectivity index (χ2n) is 6.90. The highest BCUT2D eigenvalue weighted by Crippen LogP contribution is 2.22. The monoisotopic (exact) mass is 319 g/mol. The molecule has 0 saturated heterocycles. The van der Waals surface area contributed by atoms with Crippen molar-refractivity contribution < 1.29 is 14.3 Å². The van der Waals surface area contributed by atoms with Gasteiger partial charge < -0.3 is 10.1 Å². The van der Waals surface area contributed by atoms with Crippen molar-refractivity contribution in [3.8, 4) is 0 Å². The van der Waals surface area contributed by atoms with Gasteiger partial charge >= 0.3 is 5.97 Å². The van der Waals surface area contributed by atoms with Crippen LogP contribution in [0.5, 0.6) is 0 Å². The van der Waals surface area contributed by atoms with Gasteiger partial charge in [-0.3, -0.25) is 9.59 Å². The number of amides is 1. The molecule has 0 aliphatic heterocycles. The van der Waals surface area contributed by atoms with Crippen LogP contribution in [0.1, 0.15) is 58.1 Å². The lowest BCUT2D eigenvalue weighted by molar-refractivity contribution is -0.141. The molecule has 128 valence electrons. The summed E-state index contributed by atoms with van der Waals surface area (Å²) in [6, 6.07) is 8.26. The Bertz CT molecular complexity index is 514. The molecule has 1 unspecified atom stereocenters. The second-order valence-corrected chi connectivity index (χ2v) is 6.90. The number of carbonyl (C=O) groups excluding carboxylic acids is 2. The van der Waals surface area contributed by atoms with E-state index in [2.05, 4.69) is 55.1 Å². The zero-order valence-electron chi connectivity index (χ0n) is 14.9. The first-order chi connectivity index (χ1) is 10.8. The van der Waals surface area contributed by atoms with Gasteiger partial charge in [-0.2, -0.15) is 0 Å². The van der Waals surface area contributed by atoms with Crippen molar-refractivity contribution >= 4 is 11.9 Å². The van der Waals surface area contributed by atoms with Gasteiger partial charge in [0, 0.05) is 12.5 Å². The average molecular weight is 319 g/mol. The van der Waals surface area contributed by atoms with Crippen LogP contribution in [0.3, 0.4) is 0 Å². The zero-order valence-corrected chi connectivity index (χ0v) is 14.9. The van der Waals surface area contributed by atoms with Crippen molar-refractivity contribution in [1.29, 1.82) is 0 Å². The van der Waals surface area contributed by atoms with Crippen LogP contribution in [0, 0.1) is 0 Å². The van der Waals surface area contributed by atoms with Crippen LogP contribution in [0.25, 0.3) is 0 Å². The van der Waals surface area contributed by atoms with Crippen molar-refractivity contribution in [1.82, 2.24) is 5.32 Å². The maximum Gasteiger partial charge on any atom is 0.307 e. The van der Waals surface area contributed by atoms with Crippen LogP contribution >= 0.6 is 0 Å². The number of methoxy groups -OCH3 is 1. The van der Waals surface area contributed by atoms with E-state index in [9.17, 15) is 9.59 Å². The van der Waals surface area contributed by atoms with E-state index in [1.165, 1.54) is 12.7 Å². The Morgan fingerprint density at radius 3 is 2.26 bits per heavy atom. The molecule has 1 atom stereocenters. The number of rotatable bonds is 7. The third-order valence-electron chi connectivity index (χ3n) is 3.96. The van der Waals surface area contributed by atoms with Gasteiger partial charge in [-0.05, 0) is 29.4 Å². The summed E-state index contributed by atoms with van der Waals surface area (Å²) in [5, 5.41) is 2.90. The van der Waals surface area contributed by atoms with Gasteiger partial charge in [0.2, 0.25) is 5.91 Å². The molecular weight excluding hydrogens is 290 g/mol. The van der Waals surface area contributed by atoms with Crippen LogP contribution in [-0.4, -0.2) is 25.0 Å². The topological polar surface area (TPSA) is 55.4 Å². The van der Waals surface area contributed by atoms with Crippen LogP contribution in [-0.2, 0) is 26.2 Å². The lowest BCUT2D eigenvalue weighted by Gasteiger charge is -2.19. The van der Waals surface area contributed by atoms with Gasteiger partial charge in [-0.25, -0.2) is 0 Å². The molecule has 0 aliphatic rings. The number of carbonyl (C=O) groups is 2. The summed E-state index contributed by atoms with van der Waals surface area (Å²) in [5.74, 6) is -0.324. The highest BCUT2D eigenvalue weighted by atomic mass is 16.5. The number of ether oxygens (including phenoxy) is 1. The fourth-order valence-electron chi connectivity index (χ4n) is 2.31. The molecule has 23 heavy (non-hydrogen) atoms. The molecule has 4 heteroatoms. The summed E-state index contributed by atoms with van der Waals surface area (Å²) in [5.41, 5.74) is 2.57. The molecule has 1 N–H and O–H groups in total. The van der Waals surface area contributed by atoms with Crippen LogP contribution < -0.4 is 5.32 Å². The quantitative estimate of drug-likeness (QED) is 0.784. The standard InChI is InChI=1S/C19H29NO3/c1-6-16(13-18(22)23-5)20-17(21)12-9-14-7-10-15(11-8-14)19(2,3)4/h7-8,10-11,16H,6,9,12-13H2,1-5H3,(H,20,21). The summed E-state index contributed by atoms with van der Waals surface area (Å²) < 4.78 is 4.64. The minimum atomic E-state index is -0.296. The predicted molar refractivity (Wildman–Crippen MR) is 92.3 cm³/mol. The van der Waals surface area contributed by atoms with Gasteiger partial charge in [0.25, 0.3) is 0 Å². The molecule has 0 fully saturated rings. The molecular formula is C19H29NO3. The molecule has 0 aliphatic carbocycles. The Morgan fingerprint density at radius 1 is 1.17 bits per heavy atom. The summed E-state index contributed by atoms with van der Waals surface area (Å²) in [6.07, 6.45) is 2.05. The molecule has 0 aromatic heterocycles. The summed E-state index contributed by atoms with van der Waals surface area (Å²) in [6.45, 7) is 8.49. The Hall–Kier alpha value is -1.84. The highest BCUT2D eigenvalue weighted by Gasteiger charge is 2.15. The molecule has 0 bridgehead atoms. The van der Waals surface area contributed by atoms with Gasteiger partial charge in [0.1, 0.15) is 0 Å². The number of benzene rings is 1. The van der Waals surface area contributed by atoms with E-state index in [0.29, 0.717) is 19.3 Å². The van der Waals surface area contributed by atoms with Gasteiger partial charge in [-0.15, -0.1) is 0 Å². The molecule has 1 amide bonds. The highest BCUT2D eigenvalue weighted by molar-refractivity contribution is 5.77. The molecule has 0 spiro atoms. The number of esters is 1. The number of hydrogen-bond donors (Lipinski definition) is 1. The fourth-order valence-corrected chi connectivity index (χ4v) is 2.31. The van der Waals surface area contributed by atoms with E-state index in [0.717, 1.165) is 5.56 Å². The summed E-state index contributed by atoms with van der Waals surface area (Å²) in [7, 11) is 1.36. The predicted octanol–water partition coefficient (Wildman–Crippen LogP) is 3.37. The van der Waals surface area contributed by atoms with Gasteiger partial charge in [-0.1, -0.05) is 52.0 Å². The Labute approximate surface area is 139 Å². The SMILES string of the molecule is CCC(CC(=O)OC)NC(=O)CCc1ccc(C(C)(C)C)cc1. The van der Waals surface area contributed by atoms with E-state index < -0.39 is 0 Å². The van der Waals surface area contributed by atoms with E-state index in [1.807, 2.05) is 6.92 Å². The Balaban J connectivity index is 2.47. The minimum absolute atomic E-state index is 0.0272. The number of aryl methyl sites for hydroxylation is 1. The van der Waals surface area contributed by atoms with Gasteiger partial charge in [0.15, 0.2) is 0 Å². The minimum Gasteiger partial charge on any atom is -0.469 e. The summed E-state index contributed by atoms with van der Waals surface area (Å²) >= 11 is 0. The van der Waals surface area contributed by atoms with E-state index >= 15 is 0 Å². The van der Waals surface area contributed by atoms with Crippen molar-refractivity contribution in [3.63, 3.8) is 0 Å². The van der Waals surface area contributed by atoms with E-state index in [1.54, 1.807) is 0 Å². The normalized spacial score (nSPS) is 12.6. The average Bonchev–Trinajstić information content (AvgIpc) is 2.51. The molecule has 0 radical (unpaired) electrons. The van der Waals surface area contributed by atoms with E-state index in [-0.39, 0.29) is 29.8 Å². The Morgan fingerprint density at radius 2 is 1.78 bits per heavy atom. The van der Waals surface area contributed by atoms with Crippen molar-refractivity contribution in [2.24, 2.45) is 0 Å². The van der Waals surface area contributed by atoms with Gasteiger partial charge in [0.05, 0.1) is 13.5 Å². The lowest BCUT2D eigenvalue weighted by atomic mass is 9.86. The smallest absolute Gasteiger partial charge is 0.307 e. The largest absolute Gasteiger partial charge is 0.469 e.